The van der Waals surface area contributed by atoms with Gasteiger partial charge in [0.05, 0.1) is 31.5 Å². The van der Waals surface area contributed by atoms with Gasteiger partial charge in [0.1, 0.15) is 5.75 Å². The van der Waals surface area contributed by atoms with Crippen LogP contribution >= 0.6 is 0 Å². The summed E-state index contributed by atoms with van der Waals surface area (Å²) in [5.41, 5.74) is 1.53. The molecule has 0 aliphatic heterocycles. The molecule has 0 bridgehead atoms. The van der Waals surface area contributed by atoms with Gasteiger partial charge in [0.15, 0.2) is 12.2 Å². The van der Waals surface area contributed by atoms with Gasteiger partial charge in [-0.1, -0.05) is 6.07 Å². The molecule has 0 aliphatic rings. The number of methoxy groups -OCH3 is 2. The van der Waals surface area contributed by atoms with Crippen LogP contribution in [0.4, 0.5) is 11.4 Å². The Hall–Kier alpha value is -4.14. The number of hydrogen-bond donors (Lipinski definition) is 2. The van der Waals surface area contributed by atoms with Gasteiger partial charge in [0, 0.05) is 17.4 Å². The van der Waals surface area contributed by atoms with E-state index in [0.29, 0.717) is 22.8 Å². The lowest BCUT2D eigenvalue weighted by Gasteiger charge is -2.10. The van der Waals surface area contributed by atoms with E-state index in [-0.39, 0.29) is 11.3 Å². The van der Waals surface area contributed by atoms with Crippen LogP contribution in [0.15, 0.2) is 59.5 Å². The van der Waals surface area contributed by atoms with Crippen LogP contribution in [0.1, 0.15) is 10.4 Å². The summed E-state index contributed by atoms with van der Waals surface area (Å²) in [6.07, 6.45) is 2.83. The normalized spacial score (nSPS) is 10.1. The van der Waals surface area contributed by atoms with Crippen molar-refractivity contribution in [3.8, 4) is 17.1 Å². The fraction of sp³-hybridized carbons (Fsp3) is 0.100. The molecular formula is C20H17N3O6. The summed E-state index contributed by atoms with van der Waals surface area (Å²) in [6, 6.07) is 10.9. The Morgan fingerprint density at radius 1 is 0.966 bits per heavy atom. The number of esters is 1. The molecule has 0 saturated carbocycles. The van der Waals surface area contributed by atoms with Crippen LogP contribution in [0.3, 0.4) is 0 Å². The molecule has 29 heavy (non-hydrogen) atoms. The van der Waals surface area contributed by atoms with Gasteiger partial charge in [-0.2, -0.15) is 0 Å². The van der Waals surface area contributed by atoms with Crippen molar-refractivity contribution >= 4 is 29.2 Å². The highest BCUT2D eigenvalue weighted by molar-refractivity contribution is 6.43. The first kappa shape index (κ1) is 19.6. The first-order valence-electron chi connectivity index (χ1n) is 8.39. The Morgan fingerprint density at radius 3 is 2.31 bits per heavy atom. The van der Waals surface area contributed by atoms with Crippen molar-refractivity contribution in [3.63, 3.8) is 0 Å². The van der Waals surface area contributed by atoms with E-state index in [1.165, 1.54) is 38.9 Å². The molecule has 1 aromatic heterocycles. The lowest BCUT2D eigenvalue weighted by molar-refractivity contribution is -0.132. The number of nitrogens with one attached hydrogen (secondary N) is 2. The minimum atomic E-state index is -0.898. The third kappa shape index (κ3) is 4.59. The molecule has 0 fully saturated rings. The average Bonchev–Trinajstić information content (AvgIpc) is 3.27. The van der Waals surface area contributed by atoms with Crippen molar-refractivity contribution in [2.45, 2.75) is 0 Å². The van der Waals surface area contributed by atoms with Gasteiger partial charge in [0.2, 0.25) is 0 Å². The Bertz CT molecular complexity index is 1050. The van der Waals surface area contributed by atoms with Crippen LogP contribution in [0.5, 0.6) is 5.75 Å². The fourth-order valence-corrected chi connectivity index (χ4v) is 2.54. The minimum absolute atomic E-state index is 0.249. The van der Waals surface area contributed by atoms with Gasteiger partial charge in [-0.05, 0) is 30.3 Å². The Morgan fingerprint density at radius 2 is 1.69 bits per heavy atom. The van der Waals surface area contributed by atoms with Crippen LogP contribution < -0.4 is 15.4 Å². The Kier molecular flexibility index (Phi) is 5.88. The number of amides is 2. The number of oxazole rings is 1. The maximum atomic E-state index is 12.2. The number of aromatic nitrogens is 1. The summed E-state index contributed by atoms with van der Waals surface area (Å²) >= 11 is 0. The van der Waals surface area contributed by atoms with Crippen molar-refractivity contribution in [1.29, 1.82) is 0 Å². The molecule has 0 saturated heterocycles. The van der Waals surface area contributed by atoms with Crippen molar-refractivity contribution in [2.75, 3.05) is 24.9 Å². The lowest BCUT2D eigenvalue weighted by Crippen LogP contribution is -2.29. The average molecular weight is 395 g/mol. The minimum Gasteiger partial charge on any atom is -0.496 e. The number of benzene rings is 2. The monoisotopic (exact) mass is 395 g/mol. The maximum Gasteiger partial charge on any atom is 0.337 e. The van der Waals surface area contributed by atoms with E-state index in [1.54, 1.807) is 30.3 Å². The van der Waals surface area contributed by atoms with E-state index < -0.39 is 17.8 Å². The van der Waals surface area contributed by atoms with Crippen LogP contribution in [-0.4, -0.2) is 37.0 Å². The van der Waals surface area contributed by atoms with Crippen LogP contribution in [0.25, 0.3) is 11.3 Å². The number of ether oxygens (including phenoxy) is 2. The molecule has 0 spiro atoms. The highest BCUT2D eigenvalue weighted by Gasteiger charge is 2.17. The van der Waals surface area contributed by atoms with Crippen molar-refractivity contribution < 1.29 is 28.3 Å². The number of hydrogen-bond acceptors (Lipinski definition) is 7. The first-order chi connectivity index (χ1) is 14.0. The number of carbonyl (C=O) groups is 3. The van der Waals surface area contributed by atoms with Crippen LogP contribution in [0.2, 0.25) is 0 Å². The zero-order valence-corrected chi connectivity index (χ0v) is 15.6. The zero-order valence-electron chi connectivity index (χ0n) is 15.6. The van der Waals surface area contributed by atoms with E-state index in [2.05, 4.69) is 20.4 Å². The van der Waals surface area contributed by atoms with E-state index in [4.69, 9.17) is 9.15 Å². The van der Waals surface area contributed by atoms with E-state index in [0.717, 1.165) is 0 Å². The van der Waals surface area contributed by atoms with Gasteiger partial charge in [-0.3, -0.25) is 9.59 Å². The fourth-order valence-electron chi connectivity index (χ4n) is 2.54. The highest BCUT2D eigenvalue weighted by atomic mass is 16.5. The molecule has 0 unspecified atom stereocenters. The number of anilines is 2. The smallest absolute Gasteiger partial charge is 0.337 e. The molecule has 3 aromatic rings. The molecular weight excluding hydrogens is 378 g/mol. The second-order valence-corrected chi connectivity index (χ2v) is 5.76. The summed E-state index contributed by atoms with van der Waals surface area (Å²) in [5, 5.41) is 4.92. The third-order valence-electron chi connectivity index (χ3n) is 3.90. The number of carbonyl (C=O) groups excluding carboxylic acids is 3. The first-order valence-corrected chi connectivity index (χ1v) is 8.39. The molecule has 2 amide bonds. The second-order valence-electron chi connectivity index (χ2n) is 5.76. The predicted molar refractivity (Wildman–Crippen MR) is 104 cm³/mol. The molecule has 148 valence electrons. The molecule has 3 rings (SSSR count). The van der Waals surface area contributed by atoms with E-state index in [9.17, 15) is 14.4 Å². The second kappa shape index (κ2) is 8.70. The summed E-state index contributed by atoms with van der Waals surface area (Å²) in [4.78, 5) is 39.8. The van der Waals surface area contributed by atoms with Crippen molar-refractivity contribution in [1.82, 2.24) is 4.98 Å². The summed E-state index contributed by atoms with van der Waals surface area (Å²) in [6.45, 7) is 0. The summed E-state index contributed by atoms with van der Waals surface area (Å²) in [7, 11) is 2.73. The van der Waals surface area contributed by atoms with E-state index in [1.807, 2.05) is 0 Å². The summed E-state index contributed by atoms with van der Waals surface area (Å²) in [5.74, 6) is -1.40. The van der Waals surface area contributed by atoms with Crippen LogP contribution in [-0.2, 0) is 14.3 Å². The SMILES string of the molecule is COC(=O)c1cccc(NC(=O)C(=O)Nc2ccc(-c3cnco3)c(OC)c2)c1. The quantitative estimate of drug-likeness (QED) is 0.503. The van der Waals surface area contributed by atoms with Gasteiger partial charge >= 0.3 is 17.8 Å². The van der Waals surface area contributed by atoms with Crippen molar-refractivity contribution in [3.05, 3.63) is 60.6 Å². The van der Waals surface area contributed by atoms with Gasteiger partial charge < -0.3 is 24.5 Å². The van der Waals surface area contributed by atoms with Gasteiger partial charge in [-0.15, -0.1) is 0 Å². The number of rotatable bonds is 5. The standard InChI is InChI=1S/C20H17N3O6/c1-27-16-9-14(6-7-15(16)17-10-21-11-29-17)23-19(25)18(24)22-13-5-3-4-12(8-13)20(26)28-2/h3-11H,1-2H3,(H,22,24)(H,23,25). The largest absolute Gasteiger partial charge is 0.496 e. The topological polar surface area (TPSA) is 120 Å². The lowest BCUT2D eigenvalue weighted by atomic mass is 10.1. The molecule has 9 heteroatoms. The molecule has 1 heterocycles. The molecule has 9 nitrogen and oxygen atoms in total. The third-order valence-corrected chi connectivity index (χ3v) is 3.90. The van der Waals surface area contributed by atoms with Gasteiger partial charge in [-0.25, -0.2) is 9.78 Å². The van der Waals surface area contributed by atoms with Crippen molar-refractivity contribution in [2.24, 2.45) is 0 Å². The maximum absolute atomic E-state index is 12.2. The van der Waals surface area contributed by atoms with E-state index >= 15 is 0 Å². The molecule has 0 aliphatic carbocycles. The Labute approximate surface area is 165 Å². The molecule has 2 N–H and O–H groups in total. The number of nitrogens with zero attached hydrogens (tertiary/aromatic N) is 1. The van der Waals surface area contributed by atoms with Crippen LogP contribution in [0, 0.1) is 0 Å². The predicted octanol–water partition coefficient (Wildman–Crippen LogP) is 2.71. The molecule has 0 radical (unpaired) electrons. The Balaban J connectivity index is 1.70. The molecule has 0 atom stereocenters. The summed E-state index contributed by atoms with van der Waals surface area (Å²) < 4.78 is 15.2. The zero-order chi connectivity index (χ0) is 20.8. The highest BCUT2D eigenvalue weighted by Crippen LogP contribution is 2.32. The van der Waals surface area contributed by atoms with Gasteiger partial charge in [0.25, 0.3) is 0 Å². The molecule has 2 aromatic carbocycles.